The van der Waals surface area contributed by atoms with Crippen LogP contribution in [0.4, 0.5) is 0 Å². The molecule has 0 radical (unpaired) electrons. The third kappa shape index (κ3) is 2.95. The van der Waals surface area contributed by atoms with Gasteiger partial charge in [0.15, 0.2) is 5.78 Å². The molecule has 0 heterocycles. The highest BCUT2D eigenvalue weighted by Gasteiger charge is 2.19. The van der Waals surface area contributed by atoms with Crippen LogP contribution in [0.2, 0.25) is 0 Å². The molecule has 0 spiro atoms. The van der Waals surface area contributed by atoms with E-state index >= 15 is 0 Å². The lowest BCUT2D eigenvalue weighted by Crippen LogP contribution is -2.05. The van der Waals surface area contributed by atoms with Gasteiger partial charge in [0.2, 0.25) is 0 Å². The molecule has 0 saturated carbocycles. The maximum Gasteiger partial charge on any atom is 0.194 e. The fraction of sp³-hybridized carbons (Fsp3) is 0. The van der Waals surface area contributed by atoms with Crippen LogP contribution >= 0.6 is 11.6 Å². The maximum absolute atomic E-state index is 13.0. The third-order valence-corrected chi connectivity index (χ3v) is 4.64. The molecule has 3 aromatic rings. The molecule has 3 aromatic carbocycles. The molecule has 1 aliphatic rings. The first kappa shape index (κ1) is 15.6. The Morgan fingerprint density at radius 3 is 1.80 bits per heavy atom. The van der Waals surface area contributed by atoms with E-state index in [1.807, 2.05) is 78.9 Å². The lowest BCUT2D eigenvalue weighted by molar-refractivity contribution is 0.103. The van der Waals surface area contributed by atoms with Gasteiger partial charge in [-0.3, -0.25) is 4.79 Å². The summed E-state index contributed by atoms with van der Waals surface area (Å²) in [4.78, 5) is 13.0. The van der Waals surface area contributed by atoms with E-state index in [4.69, 9.17) is 11.6 Å². The van der Waals surface area contributed by atoms with E-state index in [0.717, 1.165) is 22.3 Å². The molecule has 25 heavy (non-hydrogen) atoms. The molecule has 0 fully saturated rings. The van der Waals surface area contributed by atoms with Crippen LogP contribution < -0.4 is 0 Å². The molecule has 120 valence electrons. The molecule has 2 heteroatoms. The molecular formula is C23H15ClO. The van der Waals surface area contributed by atoms with E-state index in [9.17, 15) is 4.79 Å². The van der Waals surface area contributed by atoms with E-state index in [-0.39, 0.29) is 5.78 Å². The molecule has 4 rings (SSSR count). The van der Waals surface area contributed by atoms with Crippen LogP contribution in [0.3, 0.4) is 0 Å². The van der Waals surface area contributed by atoms with E-state index < -0.39 is 0 Å². The van der Waals surface area contributed by atoms with Gasteiger partial charge in [0.1, 0.15) is 0 Å². The Hall–Kier alpha value is -2.90. The van der Waals surface area contributed by atoms with Crippen molar-refractivity contribution in [2.75, 3.05) is 0 Å². The molecule has 0 N–H and O–H groups in total. The quantitative estimate of drug-likeness (QED) is 0.506. The normalized spacial score (nSPS) is 17.0. The van der Waals surface area contributed by atoms with Crippen LogP contribution in [-0.2, 0) is 0 Å². The predicted octanol–water partition coefficient (Wildman–Crippen LogP) is 6.21. The van der Waals surface area contributed by atoms with Gasteiger partial charge in [-0.25, -0.2) is 0 Å². The fourth-order valence-electron chi connectivity index (χ4n) is 3.09. The third-order valence-electron chi connectivity index (χ3n) is 4.33. The Kier molecular flexibility index (Phi) is 4.09. The standard InChI is InChI=1S/C23H15ClO/c24-22-15-18-11-5-7-13-20(18)19-12-6-4-10-17(19)14-21(22)23(25)16-8-2-1-3-9-16/h1-15H/b17-14?,18-15?,20-19?,21-14+,22-15+,22-21?. The number of benzene rings is 3. The molecule has 0 unspecified atom stereocenters. The number of allylic oxidation sites excluding steroid dienone is 2. The first-order valence-corrected chi connectivity index (χ1v) is 8.49. The zero-order chi connectivity index (χ0) is 17.2. The molecule has 0 atom stereocenters. The second-order valence-electron chi connectivity index (χ2n) is 5.92. The van der Waals surface area contributed by atoms with Crippen molar-refractivity contribution in [3.63, 3.8) is 0 Å². The lowest BCUT2D eigenvalue weighted by Gasteiger charge is -2.15. The van der Waals surface area contributed by atoms with E-state index in [1.54, 1.807) is 0 Å². The molecule has 0 aromatic heterocycles. The molecule has 0 amide bonds. The smallest absolute Gasteiger partial charge is 0.194 e. The maximum atomic E-state index is 13.0. The summed E-state index contributed by atoms with van der Waals surface area (Å²) in [5.41, 5.74) is 5.34. The average molecular weight is 343 g/mol. The second kappa shape index (κ2) is 6.54. The number of ketones is 1. The minimum absolute atomic E-state index is 0.0731. The Morgan fingerprint density at radius 1 is 0.640 bits per heavy atom. The summed E-state index contributed by atoms with van der Waals surface area (Å²) in [6.07, 6.45) is 3.76. The molecule has 0 bridgehead atoms. The van der Waals surface area contributed by atoms with Gasteiger partial charge in [-0.05, 0) is 34.4 Å². The number of rotatable bonds is 2. The van der Waals surface area contributed by atoms with Crippen molar-refractivity contribution in [3.8, 4) is 11.1 Å². The van der Waals surface area contributed by atoms with Crippen LogP contribution in [0.15, 0.2) is 89.5 Å². The van der Waals surface area contributed by atoms with Crippen molar-refractivity contribution in [2.45, 2.75) is 0 Å². The number of hydrogen-bond acceptors (Lipinski definition) is 1. The summed E-state index contributed by atoms with van der Waals surface area (Å²) in [5.74, 6) is -0.0731. The molecule has 1 aliphatic carbocycles. The summed E-state index contributed by atoms with van der Waals surface area (Å²) in [6, 6.07) is 25.4. The van der Waals surface area contributed by atoms with Gasteiger partial charge in [-0.15, -0.1) is 0 Å². The van der Waals surface area contributed by atoms with Gasteiger partial charge >= 0.3 is 0 Å². The minimum Gasteiger partial charge on any atom is -0.289 e. The van der Waals surface area contributed by atoms with Crippen molar-refractivity contribution in [1.29, 1.82) is 0 Å². The van der Waals surface area contributed by atoms with Gasteiger partial charge in [0.25, 0.3) is 0 Å². The first-order chi connectivity index (χ1) is 12.2. The van der Waals surface area contributed by atoms with Crippen molar-refractivity contribution in [1.82, 2.24) is 0 Å². The van der Waals surface area contributed by atoms with E-state index in [2.05, 4.69) is 12.1 Å². The second-order valence-corrected chi connectivity index (χ2v) is 6.33. The Bertz CT molecular complexity index is 1010. The number of carbonyl (C=O) groups is 1. The van der Waals surface area contributed by atoms with Crippen molar-refractivity contribution < 1.29 is 4.79 Å². The first-order valence-electron chi connectivity index (χ1n) is 8.11. The SMILES string of the molecule is O=C(C1=C/c2ccccc2-c2ccccc2/C=C\1Cl)c1ccccc1. The summed E-state index contributed by atoms with van der Waals surface area (Å²) in [6.45, 7) is 0. The molecule has 0 aliphatic heterocycles. The van der Waals surface area contributed by atoms with Crippen molar-refractivity contribution >= 4 is 29.5 Å². The van der Waals surface area contributed by atoms with E-state index in [1.165, 1.54) is 0 Å². The van der Waals surface area contributed by atoms with Crippen LogP contribution in [-0.4, -0.2) is 5.78 Å². The lowest BCUT2D eigenvalue weighted by atomic mass is 9.90. The summed E-state index contributed by atoms with van der Waals surface area (Å²) in [5, 5.41) is 0.454. The largest absolute Gasteiger partial charge is 0.289 e. The number of fused-ring (bicyclic) bond motifs is 3. The number of hydrogen-bond donors (Lipinski definition) is 0. The van der Waals surface area contributed by atoms with Crippen LogP contribution in [0.1, 0.15) is 21.5 Å². The zero-order valence-corrected chi connectivity index (χ0v) is 14.2. The predicted molar refractivity (Wildman–Crippen MR) is 104 cm³/mol. The molecular weight excluding hydrogens is 328 g/mol. The Labute approximate surface area is 151 Å². The van der Waals surface area contributed by atoms with Gasteiger partial charge in [-0.1, -0.05) is 90.5 Å². The number of Topliss-reactive ketones (excluding diaryl/α,β-unsaturated/α-hetero) is 1. The average Bonchev–Trinajstić information content (AvgIpc) is 2.66. The van der Waals surface area contributed by atoms with Gasteiger partial charge in [-0.2, -0.15) is 0 Å². The molecule has 0 saturated heterocycles. The zero-order valence-electron chi connectivity index (χ0n) is 13.4. The highest BCUT2D eigenvalue weighted by molar-refractivity contribution is 6.39. The highest BCUT2D eigenvalue weighted by Crippen LogP contribution is 2.35. The topological polar surface area (TPSA) is 17.1 Å². The Morgan fingerprint density at radius 2 is 1.16 bits per heavy atom. The number of carbonyl (C=O) groups excluding carboxylic acids is 1. The summed E-state index contributed by atoms with van der Waals surface area (Å²) in [7, 11) is 0. The number of halogens is 1. The summed E-state index contributed by atoms with van der Waals surface area (Å²) < 4.78 is 0. The van der Waals surface area contributed by atoms with Crippen LogP contribution in [0, 0.1) is 0 Å². The summed E-state index contributed by atoms with van der Waals surface area (Å²) >= 11 is 6.57. The van der Waals surface area contributed by atoms with Crippen LogP contribution in [0.25, 0.3) is 23.3 Å². The Balaban J connectivity index is 1.94. The highest BCUT2D eigenvalue weighted by atomic mass is 35.5. The fourth-order valence-corrected chi connectivity index (χ4v) is 3.35. The van der Waals surface area contributed by atoms with E-state index in [0.29, 0.717) is 16.2 Å². The van der Waals surface area contributed by atoms with Crippen LogP contribution in [0.5, 0.6) is 0 Å². The van der Waals surface area contributed by atoms with Gasteiger partial charge < -0.3 is 0 Å². The van der Waals surface area contributed by atoms with Crippen molar-refractivity contribution in [2.24, 2.45) is 0 Å². The minimum atomic E-state index is -0.0731. The monoisotopic (exact) mass is 342 g/mol. The molecule has 1 nitrogen and oxygen atoms in total. The van der Waals surface area contributed by atoms with Gasteiger partial charge in [0.05, 0.1) is 5.03 Å². The van der Waals surface area contributed by atoms with Gasteiger partial charge in [0, 0.05) is 11.1 Å². The van der Waals surface area contributed by atoms with Crippen molar-refractivity contribution in [3.05, 3.63) is 106 Å².